The third kappa shape index (κ3) is 9.09. The van der Waals surface area contributed by atoms with Crippen LogP contribution in [0.15, 0.2) is 24.3 Å². The summed E-state index contributed by atoms with van der Waals surface area (Å²) in [5, 5.41) is 5.82. The fraction of sp³-hybridized carbons (Fsp3) is 0.607. The predicted molar refractivity (Wildman–Crippen MR) is 146 cm³/mol. The number of unbranched alkanes of at least 4 members (excludes halogenated alkanes) is 1. The second kappa shape index (κ2) is 14.2. The molecule has 0 bridgehead atoms. The molecule has 2 atom stereocenters. The van der Waals surface area contributed by atoms with Crippen LogP contribution in [0, 0.1) is 12.3 Å². The smallest absolute Gasteiger partial charge is 0.408 e. The minimum atomic E-state index is -0.949. The van der Waals surface area contributed by atoms with Crippen molar-refractivity contribution in [2.45, 2.75) is 96.4 Å². The van der Waals surface area contributed by atoms with E-state index in [2.05, 4.69) is 29.2 Å². The highest BCUT2D eigenvalue weighted by molar-refractivity contribution is 7.80. The zero-order chi connectivity index (χ0) is 26.7. The predicted octanol–water partition coefficient (Wildman–Crippen LogP) is 4.61. The number of nitrogens with zero attached hydrogens (tertiary/aromatic N) is 1. The van der Waals surface area contributed by atoms with Gasteiger partial charge in [-0.05, 0) is 57.7 Å². The van der Waals surface area contributed by atoms with E-state index in [4.69, 9.17) is 11.2 Å². The van der Waals surface area contributed by atoms with Crippen LogP contribution in [-0.2, 0) is 14.3 Å². The molecule has 0 aromatic heterocycles. The van der Waals surface area contributed by atoms with Crippen LogP contribution in [0.1, 0.15) is 89.8 Å². The molecule has 1 saturated carbocycles. The second-order valence-corrected chi connectivity index (χ2v) is 10.6. The Morgan fingerprint density at radius 1 is 1.17 bits per heavy atom. The molecule has 198 valence electrons. The Hall–Kier alpha value is -2.66. The van der Waals surface area contributed by atoms with Crippen LogP contribution >= 0.6 is 12.6 Å². The summed E-state index contributed by atoms with van der Waals surface area (Å²) >= 11 is 4.33. The third-order valence-corrected chi connectivity index (χ3v) is 6.48. The number of amides is 3. The average Bonchev–Trinajstić information content (AvgIpc) is 2.84. The lowest BCUT2D eigenvalue weighted by Gasteiger charge is -2.35. The van der Waals surface area contributed by atoms with Gasteiger partial charge in [0.15, 0.2) is 0 Å². The van der Waals surface area contributed by atoms with Crippen LogP contribution in [0.4, 0.5) is 4.79 Å². The second-order valence-electron chi connectivity index (χ2n) is 10.3. The molecule has 3 amide bonds. The van der Waals surface area contributed by atoms with Gasteiger partial charge in [0.2, 0.25) is 11.8 Å². The van der Waals surface area contributed by atoms with Crippen LogP contribution in [0.5, 0.6) is 0 Å². The number of ether oxygens (including phenoxy) is 1. The standard InChI is InChI=1S/C28H41N3O4S/c1-6-8-18-31(26(33)23(19-36)30-27(34)35-28(3,4)5)24(21-16-14-20(7-2)15-17-21)25(32)29-22-12-10-9-11-13-22/h2,14-17,22-24,36H,6,8-13,18-19H2,1,3-5H3,(H,29,32)(H,30,34). The zero-order valence-electron chi connectivity index (χ0n) is 22.0. The van der Waals surface area contributed by atoms with Crippen molar-refractivity contribution in [1.29, 1.82) is 0 Å². The van der Waals surface area contributed by atoms with Gasteiger partial charge in [0.1, 0.15) is 17.7 Å². The van der Waals surface area contributed by atoms with Gasteiger partial charge >= 0.3 is 6.09 Å². The number of nitrogens with one attached hydrogen (secondary N) is 2. The van der Waals surface area contributed by atoms with E-state index >= 15 is 0 Å². The van der Waals surface area contributed by atoms with Crippen LogP contribution in [0.2, 0.25) is 0 Å². The quantitative estimate of drug-likeness (QED) is 0.314. The fourth-order valence-corrected chi connectivity index (χ4v) is 4.54. The molecule has 2 unspecified atom stereocenters. The van der Waals surface area contributed by atoms with E-state index in [-0.39, 0.29) is 23.6 Å². The zero-order valence-corrected chi connectivity index (χ0v) is 22.9. The molecule has 8 heteroatoms. The van der Waals surface area contributed by atoms with E-state index in [0.29, 0.717) is 24.1 Å². The Labute approximate surface area is 221 Å². The van der Waals surface area contributed by atoms with Crippen LogP contribution in [0.3, 0.4) is 0 Å². The normalized spacial score (nSPS) is 15.8. The van der Waals surface area contributed by atoms with Gasteiger partial charge < -0.3 is 20.3 Å². The summed E-state index contributed by atoms with van der Waals surface area (Å²) in [5.74, 6) is 2.05. The molecule has 2 rings (SSSR count). The van der Waals surface area contributed by atoms with Crippen molar-refractivity contribution >= 4 is 30.5 Å². The third-order valence-electron chi connectivity index (χ3n) is 6.11. The Morgan fingerprint density at radius 3 is 2.33 bits per heavy atom. The lowest BCUT2D eigenvalue weighted by Crippen LogP contribution is -2.54. The number of carbonyl (C=O) groups is 3. The van der Waals surface area contributed by atoms with Gasteiger partial charge in [0.05, 0.1) is 0 Å². The van der Waals surface area contributed by atoms with Crippen LogP contribution < -0.4 is 10.6 Å². The summed E-state index contributed by atoms with van der Waals surface area (Å²) < 4.78 is 5.35. The summed E-state index contributed by atoms with van der Waals surface area (Å²) in [7, 11) is 0. The van der Waals surface area contributed by atoms with Crippen molar-refractivity contribution in [1.82, 2.24) is 15.5 Å². The molecule has 1 aliphatic rings. The van der Waals surface area contributed by atoms with E-state index in [9.17, 15) is 14.4 Å². The summed E-state index contributed by atoms with van der Waals surface area (Å²) in [6.07, 6.45) is 11.5. The minimum Gasteiger partial charge on any atom is -0.444 e. The van der Waals surface area contributed by atoms with Gasteiger partial charge in [0, 0.05) is 23.9 Å². The highest BCUT2D eigenvalue weighted by atomic mass is 32.1. The van der Waals surface area contributed by atoms with Gasteiger partial charge in [0.25, 0.3) is 0 Å². The molecule has 1 aliphatic carbocycles. The van der Waals surface area contributed by atoms with Gasteiger partial charge in [-0.15, -0.1) is 6.42 Å². The van der Waals surface area contributed by atoms with Crippen molar-refractivity contribution in [2.24, 2.45) is 0 Å². The number of terminal acetylenes is 1. The van der Waals surface area contributed by atoms with E-state index in [0.717, 1.165) is 32.1 Å². The molecule has 1 aromatic carbocycles. The topological polar surface area (TPSA) is 87.7 Å². The molecule has 7 nitrogen and oxygen atoms in total. The molecule has 0 saturated heterocycles. The van der Waals surface area contributed by atoms with E-state index in [1.807, 2.05) is 6.92 Å². The number of benzene rings is 1. The summed E-state index contributed by atoms with van der Waals surface area (Å²) in [4.78, 5) is 41.5. The van der Waals surface area contributed by atoms with Crippen molar-refractivity contribution in [3.63, 3.8) is 0 Å². The van der Waals surface area contributed by atoms with Gasteiger partial charge in [-0.3, -0.25) is 9.59 Å². The Balaban J connectivity index is 2.39. The summed E-state index contributed by atoms with van der Waals surface area (Å²) in [6, 6.07) is 5.41. The SMILES string of the molecule is C#Cc1ccc(C(C(=O)NC2CCCCC2)N(CCCC)C(=O)C(CS)NC(=O)OC(C)(C)C)cc1. The Morgan fingerprint density at radius 2 is 1.81 bits per heavy atom. The maximum Gasteiger partial charge on any atom is 0.408 e. The van der Waals surface area contributed by atoms with Crippen molar-refractivity contribution in [3.8, 4) is 12.3 Å². The van der Waals surface area contributed by atoms with Crippen molar-refractivity contribution in [3.05, 3.63) is 35.4 Å². The molecular formula is C28H41N3O4S. The molecule has 36 heavy (non-hydrogen) atoms. The number of rotatable bonds is 10. The molecule has 1 fully saturated rings. The Bertz CT molecular complexity index is 914. The van der Waals surface area contributed by atoms with Crippen LogP contribution in [0.25, 0.3) is 0 Å². The van der Waals surface area contributed by atoms with E-state index in [1.54, 1.807) is 49.9 Å². The van der Waals surface area contributed by atoms with Gasteiger partial charge in [-0.25, -0.2) is 4.79 Å². The number of hydrogen-bond acceptors (Lipinski definition) is 5. The van der Waals surface area contributed by atoms with E-state index in [1.165, 1.54) is 6.42 Å². The highest BCUT2D eigenvalue weighted by Gasteiger charge is 2.36. The first kappa shape index (κ1) is 29.6. The van der Waals surface area contributed by atoms with Crippen LogP contribution in [-0.4, -0.2) is 52.8 Å². The first-order valence-electron chi connectivity index (χ1n) is 12.9. The maximum atomic E-state index is 13.8. The van der Waals surface area contributed by atoms with E-state index < -0.39 is 23.8 Å². The molecule has 0 heterocycles. The molecule has 0 spiro atoms. The first-order valence-corrected chi connectivity index (χ1v) is 13.5. The highest BCUT2D eigenvalue weighted by Crippen LogP contribution is 2.26. The summed E-state index contributed by atoms with van der Waals surface area (Å²) in [5.41, 5.74) is 0.649. The molecule has 0 aliphatic heterocycles. The lowest BCUT2D eigenvalue weighted by atomic mass is 9.94. The Kier molecular flexibility index (Phi) is 11.6. The van der Waals surface area contributed by atoms with Gasteiger partial charge in [-0.1, -0.05) is 50.7 Å². The fourth-order valence-electron chi connectivity index (χ4n) is 4.29. The number of alkyl carbamates (subject to hydrolysis) is 1. The largest absolute Gasteiger partial charge is 0.444 e. The minimum absolute atomic E-state index is 0.0632. The molecule has 2 N–H and O–H groups in total. The lowest BCUT2D eigenvalue weighted by molar-refractivity contribution is -0.142. The molecule has 1 aromatic rings. The average molecular weight is 516 g/mol. The molecule has 0 radical (unpaired) electrons. The van der Waals surface area contributed by atoms with Crippen molar-refractivity contribution in [2.75, 3.05) is 12.3 Å². The number of hydrogen-bond donors (Lipinski definition) is 3. The maximum absolute atomic E-state index is 13.8. The monoisotopic (exact) mass is 515 g/mol. The first-order chi connectivity index (χ1) is 17.1. The summed E-state index contributed by atoms with van der Waals surface area (Å²) in [6.45, 7) is 7.64. The number of carbonyl (C=O) groups excluding carboxylic acids is 3. The van der Waals surface area contributed by atoms with Gasteiger partial charge in [-0.2, -0.15) is 12.6 Å². The number of thiol groups is 1. The van der Waals surface area contributed by atoms with Crippen molar-refractivity contribution < 1.29 is 19.1 Å². The molecular weight excluding hydrogens is 474 g/mol.